The number of benzene rings is 1. The highest BCUT2D eigenvalue weighted by Gasteiger charge is 2.37. The van der Waals surface area contributed by atoms with E-state index in [0.29, 0.717) is 11.4 Å². The summed E-state index contributed by atoms with van der Waals surface area (Å²) in [5, 5.41) is 19.0. The fraction of sp³-hybridized carbons (Fsp3) is 0.294. The van der Waals surface area contributed by atoms with Gasteiger partial charge in [0.05, 0.1) is 18.1 Å². The smallest absolute Gasteiger partial charge is 0.316 e. The summed E-state index contributed by atoms with van der Waals surface area (Å²) in [4.78, 5) is 26.0. The van der Waals surface area contributed by atoms with Gasteiger partial charge in [-0.25, -0.2) is 0 Å². The van der Waals surface area contributed by atoms with Crippen molar-refractivity contribution in [1.82, 2.24) is 9.78 Å². The molecule has 0 radical (unpaired) electrons. The van der Waals surface area contributed by atoms with Crippen LogP contribution in [0.5, 0.6) is 0 Å². The van der Waals surface area contributed by atoms with E-state index < -0.39 is 17.8 Å². The summed E-state index contributed by atoms with van der Waals surface area (Å²) in [5.41, 5.74) is 2.82. The van der Waals surface area contributed by atoms with Crippen molar-refractivity contribution in [3.63, 3.8) is 0 Å². The Kier molecular flexibility index (Phi) is 4.26. The topological polar surface area (TPSA) is 91.0 Å². The van der Waals surface area contributed by atoms with Gasteiger partial charge in [0, 0.05) is 33.3 Å². The molecule has 0 bridgehead atoms. The number of amides is 1. The summed E-state index contributed by atoms with van der Waals surface area (Å²) in [6.07, 6.45) is 3.17. The number of carboxylic acid groups (broad SMARTS) is 1. The van der Waals surface area contributed by atoms with Crippen molar-refractivity contribution in [2.75, 3.05) is 24.0 Å². The molecular formula is C17H19N5O3. The van der Waals surface area contributed by atoms with Crippen LogP contribution in [0.2, 0.25) is 0 Å². The third-order valence-corrected chi connectivity index (χ3v) is 4.08. The fourth-order valence-electron chi connectivity index (χ4n) is 2.66. The number of carbonyl (C=O) groups excluding carboxylic acids is 1. The third-order valence-electron chi connectivity index (χ3n) is 4.08. The van der Waals surface area contributed by atoms with E-state index in [-0.39, 0.29) is 6.42 Å². The molecule has 1 aliphatic rings. The molecular weight excluding hydrogens is 322 g/mol. The normalized spacial score (nSPS) is 17.4. The second kappa shape index (κ2) is 6.39. The van der Waals surface area contributed by atoms with E-state index in [1.807, 2.05) is 43.3 Å². The van der Waals surface area contributed by atoms with Gasteiger partial charge in [0.1, 0.15) is 11.6 Å². The van der Waals surface area contributed by atoms with Crippen molar-refractivity contribution in [3.05, 3.63) is 42.2 Å². The molecule has 25 heavy (non-hydrogen) atoms. The van der Waals surface area contributed by atoms with Gasteiger partial charge in [-0.1, -0.05) is 12.1 Å². The molecule has 3 rings (SSSR count). The summed E-state index contributed by atoms with van der Waals surface area (Å²) in [6, 6.07) is 7.62. The third kappa shape index (κ3) is 3.23. The molecule has 1 aromatic carbocycles. The number of nitrogens with zero attached hydrogens (tertiary/aromatic N) is 5. The van der Waals surface area contributed by atoms with Crippen LogP contribution >= 0.6 is 0 Å². The van der Waals surface area contributed by atoms with Crippen LogP contribution in [0, 0.1) is 5.92 Å². The number of hydrogen-bond donors (Lipinski definition) is 1. The number of carboxylic acids is 1. The molecule has 8 heteroatoms. The Labute approximate surface area is 145 Å². The van der Waals surface area contributed by atoms with Crippen LogP contribution in [-0.4, -0.2) is 46.6 Å². The maximum absolute atomic E-state index is 12.5. The maximum atomic E-state index is 12.5. The van der Waals surface area contributed by atoms with E-state index in [4.69, 9.17) is 0 Å². The lowest BCUT2D eigenvalue weighted by Gasteiger charge is -2.26. The molecule has 1 atom stereocenters. The average Bonchev–Trinajstić information content (AvgIpc) is 3.01. The highest BCUT2D eigenvalue weighted by Crippen LogP contribution is 2.26. The van der Waals surface area contributed by atoms with E-state index in [1.165, 1.54) is 10.9 Å². The summed E-state index contributed by atoms with van der Waals surface area (Å²) in [7, 11) is 5.60. The Balaban J connectivity index is 2.01. The molecule has 0 aliphatic carbocycles. The summed E-state index contributed by atoms with van der Waals surface area (Å²) >= 11 is 0. The lowest BCUT2D eigenvalue weighted by atomic mass is 9.95. The Morgan fingerprint density at radius 2 is 1.96 bits per heavy atom. The number of aromatic nitrogens is 2. The quantitative estimate of drug-likeness (QED) is 0.847. The zero-order valence-corrected chi connectivity index (χ0v) is 14.2. The number of rotatable bonds is 4. The Morgan fingerprint density at radius 1 is 1.28 bits per heavy atom. The number of hydrogen-bond acceptors (Lipinski definition) is 5. The number of aliphatic carboxylic acids is 1. The van der Waals surface area contributed by atoms with Crippen LogP contribution in [-0.2, 0) is 16.6 Å². The lowest BCUT2D eigenvalue weighted by Crippen LogP contribution is -2.42. The van der Waals surface area contributed by atoms with Crippen LogP contribution in [0.3, 0.4) is 0 Å². The molecule has 1 unspecified atom stereocenters. The Bertz CT molecular complexity index is 838. The maximum Gasteiger partial charge on any atom is 0.316 e. The Morgan fingerprint density at radius 3 is 2.48 bits per heavy atom. The van der Waals surface area contributed by atoms with E-state index in [9.17, 15) is 14.7 Å². The van der Waals surface area contributed by atoms with Gasteiger partial charge in [-0.05, 0) is 17.7 Å². The SMILES string of the molecule is CN(C)c1ccc(C2=NN(c3cnn(C)c3)C(=O)C(C(=O)O)C2)cc1. The zero-order valence-electron chi connectivity index (χ0n) is 14.2. The molecule has 2 heterocycles. The average molecular weight is 341 g/mol. The number of carbonyl (C=O) groups is 2. The summed E-state index contributed by atoms with van der Waals surface area (Å²) < 4.78 is 1.54. The molecule has 1 N–H and O–H groups in total. The molecule has 1 aliphatic heterocycles. The standard InChI is InChI=1S/C17H19N5O3/c1-20(2)12-6-4-11(5-7-12)15-8-14(17(24)25)16(23)22(19-15)13-9-18-21(3)10-13/h4-7,9-10,14H,8H2,1-3H3,(H,24,25). The van der Waals surface area contributed by atoms with E-state index in [2.05, 4.69) is 10.2 Å². The first-order valence-electron chi connectivity index (χ1n) is 7.77. The fourth-order valence-corrected chi connectivity index (χ4v) is 2.66. The van der Waals surface area contributed by atoms with Crippen molar-refractivity contribution in [2.45, 2.75) is 6.42 Å². The van der Waals surface area contributed by atoms with Crippen LogP contribution in [0.25, 0.3) is 0 Å². The second-order valence-electron chi connectivity index (χ2n) is 6.11. The molecule has 1 aromatic heterocycles. The lowest BCUT2D eigenvalue weighted by molar-refractivity contribution is -0.146. The predicted octanol–water partition coefficient (Wildman–Crippen LogP) is 1.33. The van der Waals surface area contributed by atoms with Crippen molar-refractivity contribution >= 4 is 29.0 Å². The minimum absolute atomic E-state index is 0.0617. The molecule has 0 saturated carbocycles. The van der Waals surface area contributed by atoms with Crippen LogP contribution in [0.4, 0.5) is 11.4 Å². The zero-order chi connectivity index (χ0) is 18.1. The first-order valence-corrected chi connectivity index (χ1v) is 7.77. The number of hydrazone groups is 1. The van der Waals surface area contributed by atoms with Crippen LogP contribution in [0.1, 0.15) is 12.0 Å². The van der Waals surface area contributed by atoms with E-state index >= 15 is 0 Å². The van der Waals surface area contributed by atoms with Gasteiger partial charge < -0.3 is 10.0 Å². The van der Waals surface area contributed by atoms with Gasteiger partial charge in [0.15, 0.2) is 0 Å². The summed E-state index contributed by atoms with van der Waals surface area (Å²) in [5.74, 6) is -2.88. The first-order chi connectivity index (χ1) is 11.9. The number of anilines is 2. The van der Waals surface area contributed by atoms with Crippen LogP contribution < -0.4 is 9.91 Å². The van der Waals surface area contributed by atoms with Gasteiger partial charge in [-0.2, -0.15) is 15.2 Å². The van der Waals surface area contributed by atoms with E-state index in [1.54, 1.807) is 13.2 Å². The van der Waals surface area contributed by atoms with E-state index in [0.717, 1.165) is 16.3 Å². The predicted molar refractivity (Wildman–Crippen MR) is 93.7 cm³/mol. The second-order valence-corrected chi connectivity index (χ2v) is 6.11. The molecule has 2 aromatic rings. The molecule has 130 valence electrons. The highest BCUT2D eigenvalue weighted by molar-refractivity contribution is 6.15. The van der Waals surface area contributed by atoms with Crippen molar-refractivity contribution in [1.29, 1.82) is 0 Å². The van der Waals surface area contributed by atoms with Crippen LogP contribution in [0.15, 0.2) is 41.8 Å². The van der Waals surface area contributed by atoms with Crippen molar-refractivity contribution in [3.8, 4) is 0 Å². The molecule has 1 amide bonds. The molecule has 0 saturated heterocycles. The minimum atomic E-state index is -1.17. The van der Waals surface area contributed by atoms with Gasteiger partial charge in [-0.3, -0.25) is 14.3 Å². The molecule has 0 spiro atoms. The minimum Gasteiger partial charge on any atom is -0.481 e. The first kappa shape index (κ1) is 16.7. The van der Waals surface area contributed by atoms with Crippen molar-refractivity contribution in [2.24, 2.45) is 18.1 Å². The highest BCUT2D eigenvalue weighted by atomic mass is 16.4. The molecule has 0 fully saturated rings. The van der Waals surface area contributed by atoms with Gasteiger partial charge in [0.2, 0.25) is 0 Å². The molecule has 8 nitrogen and oxygen atoms in total. The van der Waals surface area contributed by atoms with Crippen molar-refractivity contribution < 1.29 is 14.7 Å². The van der Waals surface area contributed by atoms with Gasteiger partial charge >= 0.3 is 5.97 Å². The van der Waals surface area contributed by atoms with Gasteiger partial charge in [-0.15, -0.1) is 0 Å². The summed E-state index contributed by atoms with van der Waals surface area (Å²) in [6.45, 7) is 0. The Hall–Kier alpha value is -3.16. The number of aryl methyl sites for hydroxylation is 1. The van der Waals surface area contributed by atoms with Gasteiger partial charge in [0.25, 0.3) is 5.91 Å². The monoisotopic (exact) mass is 341 g/mol. The largest absolute Gasteiger partial charge is 0.481 e.